The van der Waals surface area contributed by atoms with Crippen molar-refractivity contribution < 1.29 is 13.2 Å². The van der Waals surface area contributed by atoms with Crippen LogP contribution in [0.1, 0.15) is 20.3 Å². The van der Waals surface area contributed by atoms with E-state index in [9.17, 15) is 13.2 Å². The molecule has 0 bridgehead atoms. The number of anilines is 1. The van der Waals surface area contributed by atoms with E-state index in [0.717, 1.165) is 6.42 Å². The number of hydrogen-bond acceptors (Lipinski definition) is 4. The number of carbonyl (C=O) groups excluding carboxylic acids is 1. The predicted molar refractivity (Wildman–Crippen MR) is 78.8 cm³/mol. The van der Waals surface area contributed by atoms with Crippen LogP contribution in [-0.2, 0) is 14.8 Å². The zero-order valence-electron chi connectivity index (χ0n) is 11.7. The van der Waals surface area contributed by atoms with E-state index < -0.39 is 10.0 Å². The molecule has 1 aromatic carbocycles. The first-order valence-corrected chi connectivity index (χ1v) is 7.99. The molecule has 0 radical (unpaired) electrons. The standard InChI is InChI=1S/C13H21N3O3S/c1-3-8-15-20(18,19)12-6-4-11(5-7-12)16-13(17)10(2)9-14/h4-7,10,15H,3,8-9,14H2,1-2H3,(H,16,17). The van der Waals surface area contributed by atoms with Crippen molar-refractivity contribution in [3.63, 3.8) is 0 Å². The largest absolute Gasteiger partial charge is 0.330 e. The predicted octanol–water partition coefficient (Wildman–Crippen LogP) is 0.908. The number of benzene rings is 1. The summed E-state index contributed by atoms with van der Waals surface area (Å²) < 4.78 is 26.2. The highest BCUT2D eigenvalue weighted by molar-refractivity contribution is 7.89. The average molecular weight is 299 g/mol. The second-order valence-corrected chi connectivity index (χ2v) is 6.32. The SMILES string of the molecule is CCCNS(=O)(=O)c1ccc(NC(=O)C(C)CN)cc1. The Morgan fingerprint density at radius 1 is 1.30 bits per heavy atom. The summed E-state index contributed by atoms with van der Waals surface area (Å²) in [5.74, 6) is -0.475. The number of nitrogens with one attached hydrogen (secondary N) is 2. The van der Waals surface area contributed by atoms with E-state index in [-0.39, 0.29) is 23.3 Å². The molecule has 1 unspecified atom stereocenters. The molecule has 0 aromatic heterocycles. The average Bonchev–Trinajstić information content (AvgIpc) is 2.44. The van der Waals surface area contributed by atoms with Gasteiger partial charge in [0.15, 0.2) is 0 Å². The van der Waals surface area contributed by atoms with Crippen LogP contribution in [0.5, 0.6) is 0 Å². The van der Waals surface area contributed by atoms with Crippen LogP contribution >= 0.6 is 0 Å². The molecule has 7 heteroatoms. The van der Waals surface area contributed by atoms with E-state index >= 15 is 0 Å². The molecule has 0 aliphatic rings. The first-order valence-electron chi connectivity index (χ1n) is 6.51. The van der Waals surface area contributed by atoms with Gasteiger partial charge in [-0.2, -0.15) is 0 Å². The van der Waals surface area contributed by atoms with Gasteiger partial charge in [-0.25, -0.2) is 13.1 Å². The van der Waals surface area contributed by atoms with Crippen LogP contribution in [0.3, 0.4) is 0 Å². The third kappa shape index (κ3) is 4.59. The zero-order chi connectivity index (χ0) is 15.2. The van der Waals surface area contributed by atoms with E-state index in [4.69, 9.17) is 5.73 Å². The van der Waals surface area contributed by atoms with E-state index in [1.165, 1.54) is 12.1 Å². The van der Waals surface area contributed by atoms with Crippen LogP contribution in [0.4, 0.5) is 5.69 Å². The molecule has 0 aliphatic heterocycles. The Morgan fingerprint density at radius 2 is 1.90 bits per heavy atom. The van der Waals surface area contributed by atoms with Crippen LogP contribution < -0.4 is 15.8 Å². The van der Waals surface area contributed by atoms with E-state index in [1.807, 2.05) is 6.92 Å². The summed E-state index contributed by atoms with van der Waals surface area (Å²) in [6.45, 7) is 4.27. The lowest BCUT2D eigenvalue weighted by Crippen LogP contribution is -2.27. The Kier molecular flexibility index (Phi) is 6.12. The summed E-state index contributed by atoms with van der Waals surface area (Å²) in [6, 6.07) is 6.03. The fourth-order valence-corrected chi connectivity index (χ4v) is 2.54. The molecule has 6 nitrogen and oxygen atoms in total. The summed E-state index contributed by atoms with van der Waals surface area (Å²) >= 11 is 0. The van der Waals surface area contributed by atoms with Crippen molar-refractivity contribution >= 4 is 21.6 Å². The third-order valence-electron chi connectivity index (χ3n) is 2.78. The summed E-state index contributed by atoms with van der Waals surface area (Å²) in [4.78, 5) is 11.8. The minimum absolute atomic E-state index is 0.177. The Morgan fingerprint density at radius 3 is 2.40 bits per heavy atom. The van der Waals surface area contributed by atoms with Crippen molar-refractivity contribution in [1.82, 2.24) is 4.72 Å². The summed E-state index contributed by atoms with van der Waals surface area (Å²) in [6.07, 6.45) is 0.727. The number of amides is 1. The van der Waals surface area contributed by atoms with Gasteiger partial charge in [0.05, 0.1) is 4.90 Å². The molecule has 1 aromatic rings. The number of hydrogen-bond donors (Lipinski definition) is 3. The van der Waals surface area contributed by atoms with Crippen molar-refractivity contribution in [2.75, 3.05) is 18.4 Å². The van der Waals surface area contributed by atoms with Crippen molar-refractivity contribution in [2.24, 2.45) is 11.7 Å². The van der Waals surface area contributed by atoms with Crippen LogP contribution in [0.15, 0.2) is 29.2 Å². The molecule has 0 fully saturated rings. The third-order valence-corrected chi connectivity index (χ3v) is 4.25. The van der Waals surface area contributed by atoms with Crippen molar-refractivity contribution in [1.29, 1.82) is 0 Å². The minimum Gasteiger partial charge on any atom is -0.330 e. The normalized spacial score (nSPS) is 12.9. The van der Waals surface area contributed by atoms with Crippen LogP contribution in [0.25, 0.3) is 0 Å². The molecule has 0 saturated carbocycles. The lowest BCUT2D eigenvalue weighted by atomic mass is 10.1. The quantitative estimate of drug-likeness (QED) is 0.696. The van der Waals surface area contributed by atoms with Gasteiger partial charge in [0.2, 0.25) is 15.9 Å². The molecule has 0 aliphatic carbocycles. The van der Waals surface area contributed by atoms with Crippen LogP contribution in [-0.4, -0.2) is 27.4 Å². The van der Waals surface area contributed by atoms with E-state index in [1.54, 1.807) is 19.1 Å². The van der Waals surface area contributed by atoms with Gasteiger partial charge in [0.1, 0.15) is 0 Å². The van der Waals surface area contributed by atoms with Crippen LogP contribution in [0, 0.1) is 5.92 Å². The number of nitrogens with two attached hydrogens (primary N) is 1. The monoisotopic (exact) mass is 299 g/mol. The molecular formula is C13H21N3O3S. The van der Waals surface area contributed by atoms with E-state index in [2.05, 4.69) is 10.0 Å². The number of rotatable bonds is 7. The molecule has 1 atom stereocenters. The van der Waals surface area contributed by atoms with E-state index in [0.29, 0.717) is 12.2 Å². The highest BCUT2D eigenvalue weighted by Crippen LogP contribution is 2.14. The van der Waals surface area contributed by atoms with Crippen LogP contribution in [0.2, 0.25) is 0 Å². The topological polar surface area (TPSA) is 101 Å². The summed E-state index contributed by atoms with van der Waals surface area (Å²) in [5, 5.41) is 2.68. The first kappa shape index (κ1) is 16.6. The van der Waals surface area contributed by atoms with Gasteiger partial charge < -0.3 is 11.1 Å². The summed E-state index contributed by atoms with van der Waals surface area (Å²) in [7, 11) is -3.47. The smallest absolute Gasteiger partial charge is 0.240 e. The molecule has 0 saturated heterocycles. The van der Waals surface area contributed by atoms with Gasteiger partial charge in [0, 0.05) is 24.7 Å². The molecule has 4 N–H and O–H groups in total. The lowest BCUT2D eigenvalue weighted by molar-refractivity contribution is -0.119. The Labute approximate surface area is 119 Å². The number of carbonyl (C=O) groups is 1. The van der Waals surface area contributed by atoms with Gasteiger partial charge in [-0.3, -0.25) is 4.79 Å². The molecular weight excluding hydrogens is 278 g/mol. The van der Waals surface area contributed by atoms with Gasteiger partial charge in [0.25, 0.3) is 0 Å². The first-order chi connectivity index (χ1) is 9.40. The van der Waals surface area contributed by atoms with Gasteiger partial charge >= 0.3 is 0 Å². The molecule has 1 amide bonds. The molecule has 112 valence electrons. The second kappa shape index (κ2) is 7.37. The Balaban J connectivity index is 2.76. The molecule has 1 rings (SSSR count). The molecule has 20 heavy (non-hydrogen) atoms. The lowest BCUT2D eigenvalue weighted by Gasteiger charge is -2.10. The van der Waals surface area contributed by atoms with Crippen molar-refractivity contribution in [3.05, 3.63) is 24.3 Å². The van der Waals surface area contributed by atoms with Gasteiger partial charge in [-0.15, -0.1) is 0 Å². The van der Waals surface area contributed by atoms with Crippen molar-refractivity contribution in [3.8, 4) is 0 Å². The Bertz CT molecular complexity index is 540. The maximum Gasteiger partial charge on any atom is 0.240 e. The summed E-state index contributed by atoms with van der Waals surface area (Å²) in [5.41, 5.74) is 5.95. The van der Waals surface area contributed by atoms with Crippen molar-refractivity contribution in [2.45, 2.75) is 25.2 Å². The van der Waals surface area contributed by atoms with Gasteiger partial charge in [-0.05, 0) is 30.7 Å². The highest BCUT2D eigenvalue weighted by atomic mass is 32.2. The molecule has 0 heterocycles. The highest BCUT2D eigenvalue weighted by Gasteiger charge is 2.14. The van der Waals surface area contributed by atoms with Gasteiger partial charge in [-0.1, -0.05) is 13.8 Å². The zero-order valence-corrected chi connectivity index (χ0v) is 12.5. The maximum atomic E-state index is 11.9. The second-order valence-electron chi connectivity index (χ2n) is 4.55. The minimum atomic E-state index is -3.47. The fourth-order valence-electron chi connectivity index (χ4n) is 1.41. The maximum absolute atomic E-state index is 11.9. The number of sulfonamides is 1. The fraction of sp³-hybridized carbons (Fsp3) is 0.462. The molecule has 0 spiro atoms. The Hall–Kier alpha value is -1.44.